The van der Waals surface area contributed by atoms with Gasteiger partial charge < -0.3 is 14.2 Å². The number of carbonyl (C=O) groups excluding carboxylic acids is 1. The largest absolute Gasteiger partial charge is 0.493 e. The Morgan fingerprint density at radius 2 is 1.82 bits per heavy atom. The Morgan fingerprint density at radius 3 is 2.55 bits per heavy atom. The van der Waals surface area contributed by atoms with Crippen molar-refractivity contribution < 1.29 is 19.0 Å². The molecule has 0 saturated heterocycles. The van der Waals surface area contributed by atoms with Crippen LogP contribution in [0.3, 0.4) is 0 Å². The van der Waals surface area contributed by atoms with E-state index < -0.39 is 0 Å². The molecule has 1 amide bonds. The highest BCUT2D eigenvalue weighted by Gasteiger charge is 2.12. The normalized spacial score (nSPS) is 10.8. The summed E-state index contributed by atoms with van der Waals surface area (Å²) in [4.78, 5) is 12.1. The number of nitrogens with zero attached hydrogens (tertiary/aromatic N) is 1. The van der Waals surface area contributed by atoms with Crippen LogP contribution in [0.15, 0.2) is 74.7 Å². The zero-order chi connectivity index (χ0) is 23.6. The molecule has 0 saturated carbocycles. The number of hydrazone groups is 1. The number of carbonyl (C=O) groups is 1. The zero-order valence-corrected chi connectivity index (χ0v) is 21.5. The van der Waals surface area contributed by atoms with Gasteiger partial charge in [0, 0.05) is 4.47 Å². The lowest BCUT2D eigenvalue weighted by Crippen LogP contribution is -2.24. The van der Waals surface area contributed by atoms with Gasteiger partial charge in [-0.1, -0.05) is 53.2 Å². The Morgan fingerprint density at radius 1 is 1.03 bits per heavy atom. The van der Waals surface area contributed by atoms with Crippen molar-refractivity contribution in [1.82, 2.24) is 5.43 Å². The summed E-state index contributed by atoms with van der Waals surface area (Å²) in [5.41, 5.74) is 5.28. The summed E-state index contributed by atoms with van der Waals surface area (Å²) in [6.45, 7) is 2.31. The minimum absolute atomic E-state index is 0.134. The average Bonchev–Trinajstić information content (AvgIpc) is 2.82. The maximum Gasteiger partial charge on any atom is 0.277 e. The summed E-state index contributed by atoms with van der Waals surface area (Å²) in [6.07, 6.45) is 2.33. The molecule has 3 aromatic carbocycles. The zero-order valence-electron chi connectivity index (χ0n) is 18.3. The van der Waals surface area contributed by atoms with Crippen molar-refractivity contribution in [3.8, 4) is 17.2 Å². The van der Waals surface area contributed by atoms with E-state index in [1.807, 2.05) is 61.5 Å². The molecule has 0 heterocycles. The van der Waals surface area contributed by atoms with E-state index in [9.17, 15) is 4.79 Å². The predicted molar refractivity (Wildman–Crippen MR) is 136 cm³/mol. The summed E-state index contributed by atoms with van der Waals surface area (Å²) < 4.78 is 18.7. The van der Waals surface area contributed by atoms with Gasteiger partial charge in [-0.15, -0.1) is 0 Å². The van der Waals surface area contributed by atoms with Gasteiger partial charge in [-0.3, -0.25) is 4.79 Å². The van der Waals surface area contributed by atoms with Crippen LogP contribution in [0.25, 0.3) is 0 Å². The van der Waals surface area contributed by atoms with Crippen molar-refractivity contribution in [2.75, 3.05) is 13.7 Å². The van der Waals surface area contributed by atoms with Crippen LogP contribution in [0, 0.1) is 0 Å². The number of halogens is 2. The van der Waals surface area contributed by atoms with Crippen LogP contribution in [0.2, 0.25) is 0 Å². The standard InChI is InChI=1S/C25H24Br2N2O4/c1-3-19-13-20(26)9-10-22(19)32-16-24(30)29-28-14-18-11-21(27)25(23(12-18)31-2)33-15-17-7-5-4-6-8-17/h4-14H,3,15-16H2,1-2H3,(H,29,30)/b28-14+. The Kier molecular flexibility index (Phi) is 9.33. The molecule has 33 heavy (non-hydrogen) atoms. The Balaban J connectivity index is 1.58. The molecule has 0 aliphatic rings. The fourth-order valence-electron chi connectivity index (χ4n) is 3.00. The molecular formula is C25H24Br2N2O4. The number of hydrogen-bond acceptors (Lipinski definition) is 5. The van der Waals surface area contributed by atoms with Crippen molar-refractivity contribution in [3.05, 3.63) is 86.3 Å². The molecule has 0 spiro atoms. The van der Waals surface area contributed by atoms with Crippen LogP contribution in [0.5, 0.6) is 17.2 Å². The van der Waals surface area contributed by atoms with Crippen molar-refractivity contribution in [2.45, 2.75) is 20.0 Å². The van der Waals surface area contributed by atoms with Crippen LogP contribution in [0.1, 0.15) is 23.6 Å². The number of rotatable bonds is 10. The number of nitrogens with one attached hydrogen (secondary N) is 1. The van der Waals surface area contributed by atoms with Gasteiger partial charge in [0.1, 0.15) is 12.4 Å². The topological polar surface area (TPSA) is 69.2 Å². The van der Waals surface area contributed by atoms with E-state index in [0.29, 0.717) is 23.9 Å². The number of ether oxygens (including phenoxy) is 3. The number of methoxy groups -OCH3 is 1. The molecule has 0 aliphatic carbocycles. The molecule has 1 N–H and O–H groups in total. The van der Waals surface area contributed by atoms with E-state index in [1.54, 1.807) is 13.2 Å². The fraction of sp³-hybridized carbons (Fsp3) is 0.200. The van der Waals surface area contributed by atoms with Gasteiger partial charge in [0.25, 0.3) is 5.91 Å². The highest BCUT2D eigenvalue weighted by molar-refractivity contribution is 9.10. The quantitative estimate of drug-likeness (QED) is 0.242. The van der Waals surface area contributed by atoms with Gasteiger partial charge in [0.2, 0.25) is 0 Å². The summed E-state index contributed by atoms with van der Waals surface area (Å²) in [7, 11) is 1.57. The van der Waals surface area contributed by atoms with E-state index in [4.69, 9.17) is 14.2 Å². The molecule has 3 rings (SSSR count). The van der Waals surface area contributed by atoms with E-state index in [1.165, 1.54) is 6.21 Å². The Hall–Kier alpha value is -2.84. The fourth-order valence-corrected chi connectivity index (χ4v) is 3.99. The molecule has 0 bridgehead atoms. The molecule has 172 valence electrons. The lowest BCUT2D eigenvalue weighted by atomic mass is 10.1. The van der Waals surface area contributed by atoms with Crippen LogP contribution < -0.4 is 19.6 Å². The van der Waals surface area contributed by atoms with Crippen molar-refractivity contribution >= 4 is 44.0 Å². The Bertz CT molecular complexity index is 1120. The van der Waals surface area contributed by atoms with Crippen molar-refractivity contribution in [3.63, 3.8) is 0 Å². The van der Waals surface area contributed by atoms with Crippen molar-refractivity contribution in [2.24, 2.45) is 5.10 Å². The minimum atomic E-state index is -0.356. The average molecular weight is 576 g/mol. The summed E-state index contributed by atoms with van der Waals surface area (Å²) >= 11 is 6.96. The predicted octanol–water partition coefficient (Wildman–Crippen LogP) is 5.89. The lowest BCUT2D eigenvalue weighted by molar-refractivity contribution is -0.123. The molecular weight excluding hydrogens is 552 g/mol. The second-order valence-corrected chi connectivity index (χ2v) is 8.77. The number of benzene rings is 3. The molecule has 0 fully saturated rings. The van der Waals surface area contributed by atoms with Crippen LogP contribution in [-0.2, 0) is 17.8 Å². The molecule has 0 atom stereocenters. The lowest BCUT2D eigenvalue weighted by Gasteiger charge is -2.13. The molecule has 3 aromatic rings. The van der Waals surface area contributed by atoms with Gasteiger partial charge in [-0.05, 0) is 69.4 Å². The van der Waals surface area contributed by atoms with E-state index >= 15 is 0 Å². The molecule has 6 nitrogen and oxygen atoms in total. The van der Waals surface area contributed by atoms with E-state index in [2.05, 4.69) is 42.4 Å². The highest BCUT2D eigenvalue weighted by atomic mass is 79.9. The van der Waals surface area contributed by atoms with E-state index in [-0.39, 0.29) is 12.5 Å². The van der Waals surface area contributed by atoms with Crippen molar-refractivity contribution in [1.29, 1.82) is 0 Å². The molecule has 8 heteroatoms. The van der Waals surface area contributed by atoms with Gasteiger partial charge in [-0.25, -0.2) is 5.43 Å². The first-order valence-electron chi connectivity index (χ1n) is 10.3. The summed E-state index contributed by atoms with van der Waals surface area (Å²) in [5, 5.41) is 4.02. The van der Waals surface area contributed by atoms with Gasteiger partial charge in [0.15, 0.2) is 18.1 Å². The van der Waals surface area contributed by atoms with Gasteiger partial charge in [-0.2, -0.15) is 5.10 Å². The monoisotopic (exact) mass is 574 g/mol. The maximum absolute atomic E-state index is 12.1. The molecule has 0 aliphatic heterocycles. The molecule has 0 radical (unpaired) electrons. The first kappa shape index (κ1) is 24.8. The Labute approximate surface area is 210 Å². The molecule has 0 unspecified atom stereocenters. The number of hydrogen-bond donors (Lipinski definition) is 1. The highest BCUT2D eigenvalue weighted by Crippen LogP contribution is 2.36. The summed E-state index contributed by atoms with van der Waals surface area (Å²) in [5.74, 6) is 1.47. The summed E-state index contributed by atoms with van der Waals surface area (Å²) in [6, 6.07) is 19.2. The smallest absolute Gasteiger partial charge is 0.277 e. The third kappa shape index (κ3) is 7.33. The first-order valence-corrected chi connectivity index (χ1v) is 11.9. The second kappa shape index (κ2) is 12.4. The number of amides is 1. The van der Waals surface area contributed by atoms with Crippen LogP contribution in [-0.4, -0.2) is 25.8 Å². The third-order valence-electron chi connectivity index (χ3n) is 4.64. The minimum Gasteiger partial charge on any atom is -0.493 e. The third-order valence-corrected chi connectivity index (χ3v) is 5.73. The molecule has 0 aromatic heterocycles. The van der Waals surface area contributed by atoms with Crippen LogP contribution in [0.4, 0.5) is 0 Å². The van der Waals surface area contributed by atoms with Gasteiger partial charge >= 0.3 is 0 Å². The number of aryl methyl sites for hydroxylation is 1. The second-order valence-electron chi connectivity index (χ2n) is 7.00. The van der Waals surface area contributed by atoms with E-state index in [0.717, 1.165) is 32.1 Å². The van der Waals surface area contributed by atoms with Gasteiger partial charge in [0.05, 0.1) is 17.8 Å². The van der Waals surface area contributed by atoms with Crippen LogP contribution >= 0.6 is 31.9 Å². The maximum atomic E-state index is 12.1. The SMILES string of the molecule is CCc1cc(Br)ccc1OCC(=O)N/N=C/c1cc(Br)c(OCc2ccccc2)c(OC)c1. The first-order chi connectivity index (χ1) is 16.0.